The van der Waals surface area contributed by atoms with Gasteiger partial charge in [-0.15, -0.1) is 0 Å². The lowest BCUT2D eigenvalue weighted by Gasteiger charge is -2.37. The summed E-state index contributed by atoms with van der Waals surface area (Å²) in [5, 5.41) is 9.50. The standard InChI is InChI=1S/C17H26N2O4/c1-15(2)10(5-8-16(15,3)14(22)23)12(20)18-19-13(21)11-9-17(11)6-4-7-17/h10-11H,4-9H2,1-3H3,(H,18,20)(H,19,21)(H,22,23)/t10-,11+,16-/m1/s1. The fraction of sp³-hybridized carbons (Fsp3) is 0.824. The second-order valence-electron chi connectivity index (χ2n) is 8.40. The average molecular weight is 322 g/mol. The average Bonchev–Trinajstić information content (AvgIpc) is 3.14. The highest BCUT2D eigenvalue weighted by Gasteiger charge is 2.61. The van der Waals surface area contributed by atoms with Crippen LogP contribution in [-0.2, 0) is 14.4 Å². The van der Waals surface area contributed by atoms with Crippen molar-refractivity contribution in [1.82, 2.24) is 10.9 Å². The molecule has 0 aliphatic heterocycles. The second-order valence-corrected chi connectivity index (χ2v) is 8.40. The van der Waals surface area contributed by atoms with E-state index >= 15 is 0 Å². The van der Waals surface area contributed by atoms with Gasteiger partial charge in [0.25, 0.3) is 0 Å². The number of carboxylic acid groups (broad SMARTS) is 1. The van der Waals surface area contributed by atoms with Crippen LogP contribution in [0.5, 0.6) is 0 Å². The normalized spacial score (nSPS) is 36.1. The molecule has 3 rings (SSSR count). The number of hydrazine groups is 1. The Hall–Kier alpha value is -1.59. The summed E-state index contributed by atoms with van der Waals surface area (Å²) >= 11 is 0. The van der Waals surface area contributed by atoms with Gasteiger partial charge in [0.15, 0.2) is 0 Å². The summed E-state index contributed by atoms with van der Waals surface area (Å²) in [4.78, 5) is 36.1. The number of hydrogen-bond donors (Lipinski definition) is 3. The molecule has 23 heavy (non-hydrogen) atoms. The molecule has 0 aromatic heterocycles. The van der Waals surface area contributed by atoms with Gasteiger partial charge in [0, 0.05) is 11.8 Å². The molecule has 0 aromatic rings. The molecule has 6 heteroatoms. The van der Waals surface area contributed by atoms with Gasteiger partial charge in [-0.3, -0.25) is 25.2 Å². The van der Waals surface area contributed by atoms with Crippen molar-refractivity contribution in [2.45, 2.75) is 59.3 Å². The Labute approximate surface area is 136 Å². The zero-order chi connectivity index (χ0) is 17.0. The predicted octanol–water partition coefficient (Wildman–Crippen LogP) is 1.85. The Morgan fingerprint density at radius 2 is 1.52 bits per heavy atom. The van der Waals surface area contributed by atoms with E-state index in [0.29, 0.717) is 12.8 Å². The molecule has 3 saturated carbocycles. The van der Waals surface area contributed by atoms with Crippen molar-refractivity contribution >= 4 is 17.8 Å². The molecule has 3 aliphatic carbocycles. The van der Waals surface area contributed by atoms with Gasteiger partial charge in [0.05, 0.1) is 5.41 Å². The van der Waals surface area contributed by atoms with Crippen molar-refractivity contribution < 1.29 is 19.5 Å². The Morgan fingerprint density at radius 1 is 0.957 bits per heavy atom. The number of carboxylic acids is 1. The minimum atomic E-state index is -0.925. The molecule has 0 saturated heterocycles. The van der Waals surface area contributed by atoms with Gasteiger partial charge in [-0.25, -0.2) is 0 Å². The molecule has 0 unspecified atom stereocenters. The van der Waals surface area contributed by atoms with E-state index in [2.05, 4.69) is 10.9 Å². The fourth-order valence-corrected chi connectivity index (χ4v) is 4.54. The maximum atomic E-state index is 12.4. The topological polar surface area (TPSA) is 95.5 Å². The van der Waals surface area contributed by atoms with Gasteiger partial charge < -0.3 is 5.11 Å². The van der Waals surface area contributed by atoms with Gasteiger partial charge in [-0.1, -0.05) is 20.3 Å². The quantitative estimate of drug-likeness (QED) is 0.691. The highest BCUT2D eigenvalue weighted by molar-refractivity contribution is 5.88. The van der Waals surface area contributed by atoms with E-state index in [-0.39, 0.29) is 23.1 Å². The third kappa shape index (κ3) is 2.25. The van der Waals surface area contributed by atoms with Crippen LogP contribution in [0.2, 0.25) is 0 Å². The minimum absolute atomic E-state index is 0.0393. The fourth-order valence-electron chi connectivity index (χ4n) is 4.54. The lowest BCUT2D eigenvalue weighted by Crippen LogP contribution is -2.50. The largest absolute Gasteiger partial charge is 0.481 e. The van der Waals surface area contributed by atoms with Crippen molar-refractivity contribution in [1.29, 1.82) is 0 Å². The highest BCUT2D eigenvalue weighted by atomic mass is 16.4. The van der Waals surface area contributed by atoms with Crippen LogP contribution in [0.1, 0.15) is 59.3 Å². The molecule has 3 aliphatic rings. The zero-order valence-corrected chi connectivity index (χ0v) is 14.1. The van der Waals surface area contributed by atoms with Gasteiger partial charge in [0.2, 0.25) is 11.8 Å². The second kappa shape index (κ2) is 4.95. The van der Waals surface area contributed by atoms with Crippen LogP contribution in [0, 0.1) is 28.1 Å². The number of carbonyl (C=O) groups is 3. The van der Waals surface area contributed by atoms with Crippen molar-refractivity contribution in [3.05, 3.63) is 0 Å². The van der Waals surface area contributed by atoms with Gasteiger partial charge >= 0.3 is 5.97 Å². The molecule has 0 aromatic carbocycles. The molecule has 128 valence electrons. The molecule has 1 spiro atoms. The summed E-state index contributed by atoms with van der Waals surface area (Å²) < 4.78 is 0. The van der Waals surface area contributed by atoms with Crippen molar-refractivity contribution in [3.8, 4) is 0 Å². The van der Waals surface area contributed by atoms with Gasteiger partial charge in [-0.2, -0.15) is 0 Å². The van der Waals surface area contributed by atoms with Gasteiger partial charge in [0.1, 0.15) is 0 Å². The molecule has 3 N–H and O–H groups in total. The summed E-state index contributed by atoms with van der Waals surface area (Å²) in [6, 6.07) is 0. The van der Waals surface area contributed by atoms with Crippen LogP contribution in [-0.4, -0.2) is 22.9 Å². The molecule has 0 bridgehead atoms. The first-order chi connectivity index (χ1) is 10.6. The Kier molecular flexibility index (Phi) is 3.50. The van der Waals surface area contributed by atoms with E-state index in [4.69, 9.17) is 0 Å². The first-order valence-corrected chi connectivity index (χ1v) is 8.47. The Morgan fingerprint density at radius 3 is 1.91 bits per heavy atom. The number of hydrogen-bond acceptors (Lipinski definition) is 3. The smallest absolute Gasteiger partial charge is 0.309 e. The zero-order valence-electron chi connectivity index (χ0n) is 14.1. The Balaban J connectivity index is 1.57. The van der Waals surface area contributed by atoms with Crippen LogP contribution >= 0.6 is 0 Å². The third-order valence-corrected chi connectivity index (χ3v) is 7.18. The van der Waals surface area contributed by atoms with E-state index in [1.807, 2.05) is 13.8 Å². The molecule has 2 amide bonds. The minimum Gasteiger partial charge on any atom is -0.481 e. The predicted molar refractivity (Wildman–Crippen MR) is 82.9 cm³/mol. The monoisotopic (exact) mass is 322 g/mol. The lowest BCUT2D eigenvalue weighted by atomic mass is 9.65. The molecule has 3 atom stereocenters. The third-order valence-electron chi connectivity index (χ3n) is 7.18. The number of amides is 2. The molecule has 3 fully saturated rings. The van der Waals surface area contributed by atoms with Crippen molar-refractivity contribution in [2.24, 2.45) is 28.1 Å². The highest BCUT2D eigenvalue weighted by Crippen LogP contribution is 2.65. The number of aliphatic carboxylic acids is 1. The van der Waals surface area contributed by atoms with Crippen molar-refractivity contribution in [3.63, 3.8) is 0 Å². The number of rotatable bonds is 3. The van der Waals surface area contributed by atoms with Crippen LogP contribution in [0.4, 0.5) is 0 Å². The Bertz CT molecular complexity index is 567. The number of nitrogens with one attached hydrogen (secondary N) is 2. The molecule has 6 nitrogen and oxygen atoms in total. The molecule has 0 radical (unpaired) electrons. The summed E-state index contributed by atoms with van der Waals surface area (Å²) in [6.07, 6.45) is 5.34. The summed E-state index contributed by atoms with van der Waals surface area (Å²) in [6.45, 7) is 5.35. The maximum Gasteiger partial charge on any atom is 0.309 e. The summed E-state index contributed by atoms with van der Waals surface area (Å²) in [7, 11) is 0. The van der Waals surface area contributed by atoms with Crippen LogP contribution in [0.25, 0.3) is 0 Å². The van der Waals surface area contributed by atoms with Gasteiger partial charge in [-0.05, 0) is 49.9 Å². The van der Waals surface area contributed by atoms with E-state index in [9.17, 15) is 19.5 Å². The van der Waals surface area contributed by atoms with Crippen LogP contribution in [0.15, 0.2) is 0 Å². The molecule has 0 heterocycles. The van der Waals surface area contributed by atoms with E-state index in [1.165, 1.54) is 6.42 Å². The molecular weight excluding hydrogens is 296 g/mol. The van der Waals surface area contributed by atoms with E-state index in [1.54, 1.807) is 6.92 Å². The first-order valence-electron chi connectivity index (χ1n) is 8.47. The maximum absolute atomic E-state index is 12.4. The SMILES string of the molecule is CC1(C)[C@@H](C(=O)NNC(=O)[C@@H]2CC23CCC3)CC[C@]1(C)C(=O)O. The van der Waals surface area contributed by atoms with Crippen molar-refractivity contribution in [2.75, 3.05) is 0 Å². The van der Waals surface area contributed by atoms with E-state index in [0.717, 1.165) is 19.3 Å². The molecular formula is C17H26N2O4. The summed E-state index contributed by atoms with van der Waals surface area (Å²) in [5.41, 5.74) is 3.72. The van der Waals surface area contributed by atoms with Crippen LogP contribution < -0.4 is 10.9 Å². The summed E-state index contributed by atoms with van der Waals surface area (Å²) in [5.74, 6) is -1.63. The number of carbonyl (C=O) groups excluding carboxylic acids is 2. The van der Waals surface area contributed by atoms with Crippen LogP contribution in [0.3, 0.4) is 0 Å². The lowest BCUT2D eigenvalue weighted by molar-refractivity contribution is -0.155. The first kappa shape index (κ1) is 16.3. The van der Waals surface area contributed by atoms with E-state index < -0.39 is 22.7 Å².